The van der Waals surface area contributed by atoms with Crippen molar-refractivity contribution in [1.29, 1.82) is 0 Å². The molecule has 0 radical (unpaired) electrons. The molecule has 3 heteroatoms. The highest BCUT2D eigenvalue weighted by atomic mass is 16.1. The summed E-state index contributed by atoms with van der Waals surface area (Å²) in [5.74, 6) is 0.0486. The predicted octanol–water partition coefficient (Wildman–Crippen LogP) is 4.32. The number of nitrogens with zero attached hydrogens (tertiary/aromatic N) is 2. The van der Waals surface area contributed by atoms with Crippen LogP contribution in [0.4, 0.5) is 0 Å². The second kappa shape index (κ2) is 5.90. The first-order valence-corrected chi connectivity index (χ1v) is 7.15. The Morgan fingerprint density at radius 2 is 1.55 bits per heavy atom. The zero-order valence-corrected chi connectivity index (χ0v) is 12.6. The number of ketones is 1. The van der Waals surface area contributed by atoms with Crippen molar-refractivity contribution in [1.82, 2.24) is 9.97 Å². The molecule has 0 aliphatic rings. The fraction of sp³-hybridized carbons (Fsp3) is 0.105. The Balaban J connectivity index is 2.26. The molecule has 108 valence electrons. The van der Waals surface area contributed by atoms with Crippen molar-refractivity contribution in [2.24, 2.45) is 0 Å². The third kappa shape index (κ3) is 2.66. The molecule has 0 unspecified atom stereocenters. The number of pyridine rings is 2. The third-order valence-corrected chi connectivity index (χ3v) is 3.69. The van der Waals surface area contributed by atoms with Crippen LogP contribution in [0.25, 0.3) is 22.5 Å². The second-order valence-electron chi connectivity index (χ2n) is 5.18. The molecule has 0 aliphatic carbocycles. The molecule has 22 heavy (non-hydrogen) atoms. The molecular formula is C19H16N2O. The lowest BCUT2D eigenvalue weighted by atomic mass is 9.93. The molecule has 0 bridgehead atoms. The van der Waals surface area contributed by atoms with Crippen LogP contribution >= 0.6 is 0 Å². The Morgan fingerprint density at radius 3 is 2.09 bits per heavy atom. The SMILES string of the molecule is CC(=O)c1cc(-c2ccccn2)cc(-c2ccccn2)c1C. The normalized spacial score (nSPS) is 10.5. The highest BCUT2D eigenvalue weighted by Crippen LogP contribution is 2.30. The molecule has 0 saturated heterocycles. The van der Waals surface area contributed by atoms with Gasteiger partial charge in [-0.1, -0.05) is 12.1 Å². The smallest absolute Gasteiger partial charge is 0.160 e. The lowest BCUT2D eigenvalue weighted by Crippen LogP contribution is -2.00. The quantitative estimate of drug-likeness (QED) is 0.674. The molecule has 2 heterocycles. The van der Waals surface area contributed by atoms with Crippen molar-refractivity contribution >= 4 is 5.78 Å². The van der Waals surface area contributed by atoms with Crippen LogP contribution in [-0.2, 0) is 0 Å². The van der Waals surface area contributed by atoms with Crippen molar-refractivity contribution in [2.75, 3.05) is 0 Å². The van der Waals surface area contributed by atoms with E-state index in [1.807, 2.05) is 55.5 Å². The van der Waals surface area contributed by atoms with E-state index in [-0.39, 0.29) is 5.78 Å². The minimum absolute atomic E-state index is 0.0486. The van der Waals surface area contributed by atoms with Gasteiger partial charge in [0.2, 0.25) is 0 Å². The number of carbonyl (C=O) groups is 1. The Hall–Kier alpha value is -2.81. The largest absolute Gasteiger partial charge is 0.295 e. The minimum atomic E-state index is 0.0486. The summed E-state index contributed by atoms with van der Waals surface area (Å²) < 4.78 is 0. The molecule has 3 rings (SSSR count). The zero-order valence-electron chi connectivity index (χ0n) is 12.6. The Labute approximate surface area is 129 Å². The van der Waals surface area contributed by atoms with Gasteiger partial charge in [-0.25, -0.2) is 0 Å². The first-order chi connectivity index (χ1) is 10.7. The van der Waals surface area contributed by atoms with Crippen molar-refractivity contribution in [3.8, 4) is 22.5 Å². The van der Waals surface area contributed by atoms with Gasteiger partial charge in [0.05, 0.1) is 11.4 Å². The van der Waals surface area contributed by atoms with Crippen LogP contribution in [0.15, 0.2) is 60.9 Å². The van der Waals surface area contributed by atoms with Gasteiger partial charge in [0.25, 0.3) is 0 Å². The molecule has 0 spiro atoms. The van der Waals surface area contributed by atoms with Crippen LogP contribution < -0.4 is 0 Å². The summed E-state index contributed by atoms with van der Waals surface area (Å²) in [5, 5.41) is 0. The van der Waals surface area contributed by atoms with Crippen molar-refractivity contribution in [3.05, 3.63) is 72.1 Å². The molecular weight excluding hydrogens is 272 g/mol. The number of aromatic nitrogens is 2. The van der Waals surface area contributed by atoms with Crippen molar-refractivity contribution in [3.63, 3.8) is 0 Å². The topological polar surface area (TPSA) is 42.9 Å². The van der Waals surface area contributed by atoms with Gasteiger partial charge in [0.1, 0.15) is 0 Å². The van der Waals surface area contributed by atoms with Gasteiger partial charge >= 0.3 is 0 Å². The molecule has 3 nitrogen and oxygen atoms in total. The van der Waals surface area contributed by atoms with Gasteiger partial charge in [-0.3, -0.25) is 14.8 Å². The standard InChI is InChI=1S/C19H16N2O/c1-13-16(14(2)22)11-15(18-7-3-5-9-20-18)12-17(13)19-8-4-6-10-21-19/h3-12H,1-2H3. The van der Waals surface area contributed by atoms with E-state index in [2.05, 4.69) is 9.97 Å². The van der Waals surface area contributed by atoms with E-state index in [1.165, 1.54) is 0 Å². The van der Waals surface area contributed by atoms with Gasteiger partial charge in [-0.2, -0.15) is 0 Å². The summed E-state index contributed by atoms with van der Waals surface area (Å²) in [5.41, 5.74) is 5.27. The van der Waals surface area contributed by atoms with E-state index in [1.54, 1.807) is 19.3 Å². The average Bonchev–Trinajstić information content (AvgIpc) is 2.56. The summed E-state index contributed by atoms with van der Waals surface area (Å²) >= 11 is 0. The van der Waals surface area contributed by atoms with Crippen LogP contribution in [0.3, 0.4) is 0 Å². The molecule has 1 aromatic carbocycles. The molecule has 0 amide bonds. The second-order valence-corrected chi connectivity index (χ2v) is 5.18. The number of Topliss-reactive ketones (excluding diaryl/α,β-unsaturated/α-hetero) is 1. The first kappa shape index (κ1) is 14.1. The third-order valence-electron chi connectivity index (χ3n) is 3.69. The molecule has 0 saturated carbocycles. The molecule has 0 N–H and O–H groups in total. The van der Waals surface area contributed by atoms with Crippen LogP contribution in [0.2, 0.25) is 0 Å². The van der Waals surface area contributed by atoms with Crippen molar-refractivity contribution in [2.45, 2.75) is 13.8 Å². The Kier molecular flexibility index (Phi) is 3.79. The minimum Gasteiger partial charge on any atom is -0.295 e. The van der Waals surface area contributed by atoms with Crippen LogP contribution in [-0.4, -0.2) is 15.8 Å². The molecule has 2 aromatic heterocycles. The van der Waals surface area contributed by atoms with Gasteiger partial charge in [0.15, 0.2) is 5.78 Å². The van der Waals surface area contributed by atoms with E-state index in [4.69, 9.17) is 0 Å². The van der Waals surface area contributed by atoms with E-state index in [0.717, 1.165) is 28.1 Å². The van der Waals surface area contributed by atoms with Crippen LogP contribution in [0.1, 0.15) is 22.8 Å². The number of hydrogen-bond donors (Lipinski definition) is 0. The van der Waals surface area contributed by atoms with Crippen LogP contribution in [0.5, 0.6) is 0 Å². The fourth-order valence-corrected chi connectivity index (χ4v) is 2.55. The van der Waals surface area contributed by atoms with Gasteiger partial charge < -0.3 is 0 Å². The summed E-state index contributed by atoms with van der Waals surface area (Å²) in [6, 6.07) is 15.5. The van der Waals surface area contributed by atoms with Gasteiger partial charge in [-0.05, 0) is 55.8 Å². The lowest BCUT2D eigenvalue weighted by Gasteiger charge is -2.12. The summed E-state index contributed by atoms with van der Waals surface area (Å²) in [7, 11) is 0. The Bertz CT molecular complexity index is 812. The van der Waals surface area contributed by atoms with E-state index in [9.17, 15) is 4.79 Å². The molecule has 0 aliphatic heterocycles. The van der Waals surface area contributed by atoms with E-state index >= 15 is 0 Å². The molecule has 3 aromatic rings. The van der Waals surface area contributed by atoms with Crippen LogP contribution in [0, 0.1) is 6.92 Å². The monoisotopic (exact) mass is 288 g/mol. The fourth-order valence-electron chi connectivity index (χ4n) is 2.55. The highest BCUT2D eigenvalue weighted by Gasteiger charge is 2.14. The predicted molar refractivity (Wildman–Crippen MR) is 87.6 cm³/mol. The maximum absolute atomic E-state index is 12.0. The van der Waals surface area contributed by atoms with Gasteiger partial charge in [-0.15, -0.1) is 0 Å². The van der Waals surface area contributed by atoms with Gasteiger partial charge in [0, 0.05) is 29.1 Å². The summed E-state index contributed by atoms with van der Waals surface area (Å²) in [6.07, 6.45) is 3.51. The van der Waals surface area contributed by atoms with E-state index < -0.39 is 0 Å². The average molecular weight is 288 g/mol. The number of rotatable bonds is 3. The number of carbonyl (C=O) groups excluding carboxylic acids is 1. The summed E-state index contributed by atoms with van der Waals surface area (Å²) in [6.45, 7) is 3.55. The number of benzene rings is 1. The zero-order chi connectivity index (χ0) is 15.5. The summed E-state index contributed by atoms with van der Waals surface area (Å²) in [4.78, 5) is 20.8. The highest BCUT2D eigenvalue weighted by molar-refractivity contribution is 5.98. The molecule has 0 fully saturated rings. The lowest BCUT2D eigenvalue weighted by molar-refractivity contribution is 0.101. The molecule has 0 atom stereocenters. The Morgan fingerprint density at radius 1 is 0.909 bits per heavy atom. The van der Waals surface area contributed by atoms with E-state index in [0.29, 0.717) is 5.56 Å². The van der Waals surface area contributed by atoms with Crippen molar-refractivity contribution < 1.29 is 4.79 Å². The number of hydrogen-bond acceptors (Lipinski definition) is 3. The maximum Gasteiger partial charge on any atom is 0.160 e. The first-order valence-electron chi connectivity index (χ1n) is 7.15. The maximum atomic E-state index is 12.0.